The molecule has 0 aliphatic rings. The van der Waals surface area contributed by atoms with E-state index in [0.29, 0.717) is 17.7 Å². The Morgan fingerprint density at radius 1 is 1.30 bits per heavy atom. The number of nitrogens with one attached hydrogen (secondary N) is 1. The number of rotatable bonds is 10. The first kappa shape index (κ1) is 17.2. The third-order valence-electron chi connectivity index (χ3n) is 3.24. The maximum atomic E-state index is 5.87. The Morgan fingerprint density at radius 2 is 2.10 bits per heavy atom. The first-order valence-corrected chi connectivity index (χ1v) is 8.39. The summed E-state index contributed by atoms with van der Waals surface area (Å²) in [5.41, 5.74) is 0. The molecule has 0 aliphatic heterocycles. The van der Waals surface area contributed by atoms with Crippen molar-refractivity contribution in [2.45, 2.75) is 52.9 Å². The van der Waals surface area contributed by atoms with E-state index >= 15 is 0 Å². The Bertz CT molecular complexity index is 387. The van der Waals surface area contributed by atoms with Crippen molar-refractivity contribution in [2.24, 2.45) is 5.92 Å². The first-order chi connectivity index (χ1) is 9.71. The minimum atomic E-state index is 0.601. The molecule has 1 rings (SSSR count). The van der Waals surface area contributed by atoms with Crippen LogP contribution in [0.3, 0.4) is 0 Å². The summed E-state index contributed by atoms with van der Waals surface area (Å²) in [6.07, 6.45) is 7.65. The lowest BCUT2D eigenvalue weighted by molar-refractivity contribution is 0.224. The number of nitrogens with zero attached hydrogens (tertiary/aromatic N) is 2. The van der Waals surface area contributed by atoms with E-state index in [4.69, 9.17) is 4.74 Å². The SMILES string of the molecule is CCCCC(CC)COc1nc(NCCC)ncc1Br. The van der Waals surface area contributed by atoms with E-state index in [9.17, 15) is 0 Å². The van der Waals surface area contributed by atoms with Gasteiger partial charge in [-0.15, -0.1) is 0 Å². The lowest BCUT2D eigenvalue weighted by Crippen LogP contribution is -2.13. The maximum absolute atomic E-state index is 5.87. The monoisotopic (exact) mass is 343 g/mol. The zero-order valence-electron chi connectivity index (χ0n) is 12.8. The van der Waals surface area contributed by atoms with Gasteiger partial charge in [0.2, 0.25) is 11.8 Å². The van der Waals surface area contributed by atoms with Crippen molar-refractivity contribution in [3.63, 3.8) is 0 Å². The lowest BCUT2D eigenvalue weighted by Gasteiger charge is -2.16. The summed E-state index contributed by atoms with van der Waals surface area (Å²) in [6, 6.07) is 0. The summed E-state index contributed by atoms with van der Waals surface area (Å²) in [5, 5.41) is 3.17. The van der Waals surface area contributed by atoms with Gasteiger partial charge in [0, 0.05) is 6.54 Å². The molecular formula is C15H26BrN3O. The molecule has 1 unspecified atom stereocenters. The Balaban J connectivity index is 2.56. The van der Waals surface area contributed by atoms with Gasteiger partial charge < -0.3 is 10.1 Å². The third-order valence-corrected chi connectivity index (χ3v) is 3.79. The van der Waals surface area contributed by atoms with Crippen LogP contribution in [0.1, 0.15) is 52.9 Å². The number of hydrogen-bond donors (Lipinski definition) is 1. The Hall–Kier alpha value is -0.840. The van der Waals surface area contributed by atoms with Crippen molar-refractivity contribution >= 4 is 21.9 Å². The van der Waals surface area contributed by atoms with Crippen LogP contribution in [-0.4, -0.2) is 23.1 Å². The van der Waals surface area contributed by atoms with Crippen LogP contribution in [0.4, 0.5) is 5.95 Å². The highest BCUT2D eigenvalue weighted by molar-refractivity contribution is 9.10. The van der Waals surface area contributed by atoms with Crippen LogP contribution in [0.2, 0.25) is 0 Å². The minimum absolute atomic E-state index is 0.601. The van der Waals surface area contributed by atoms with E-state index < -0.39 is 0 Å². The molecule has 1 N–H and O–H groups in total. The second kappa shape index (κ2) is 9.97. The number of aromatic nitrogens is 2. The molecule has 4 nitrogen and oxygen atoms in total. The summed E-state index contributed by atoms with van der Waals surface area (Å²) in [7, 11) is 0. The largest absolute Gasteiger partial charge is 0.476 e. The quantitative estimate of drug-likeness (QED) is 0.671. The minimum Gasteiger partial charge on any atom is -0.476 e. The van der Waals surface area contributed by atoms with Gasteiger partial charge in [0.05, 0.1) is 17.3 Å². The highest BCUT2D eigenvalue weighted by atomic mass is 79.9. The van der Waals surface area contributed by atoms with Gasteiger partial charge in [-0.05, 0) is 34.7 Å². The fourth-order valence-electron chi connectivity index (χ4n) is 1.87. The van der Waals surface area contributed by atoms with Crippen LogP contribution in [0.25, 0.3) is 0 Å². The standard InChI is InChI=1S/C15H26BrN3O/c1-4-7-8-12(6-3)11-20-14-13(16)10-18-15(19-14)17-9-5-2/h10,12H,4-9,11H2,1-3H3,(H,17,18,19). The van der Waals surface area contributed by atoms with Gasteiger partial charge in [-0.3, -0.25) is 0 Å². The molecule has 0 aromatic carbocycles. The molecule has 0 saturated heterocycles. The van der Waals surface area contributed by atoms with Crippen molar-refractivity contribution in [1.29, 1.82) is 0 Å². The molecule has 0 fully saturated rings. The molecule has 1 heterocycles. The number of halogens is 1. The normalized spacial score (nSPS) is 12.2. The molecular weight excluding hydrogens is 318 g/mol. The van der Waals surface area contributed by atoms with Gasteiger partial charge in [0.25, 0.3) is 0 Å². The van der Waals surface area contributed by atoms with E-state index in [1.54, 1.807) is 6.20 Å². The molecule has 0 aliphatic carbocycles. The Morgan fingerprint density at radius 3 is 2.75 bits per heavy atom. The molecule has 0 radical (unpaired) electrons. The first-order valence-electron chi connectivity index (χ1n) is 7.60. The van der Waals surface area contributed by atoms with Gasteiger partial charge in [-0.1, -0.05) is 40.0 Å². The summed E-state index contributed by atoms with van der Waals surface area (Å²) in [4.78, 5) is 8.63. The predicted octanol–water partition coefficient (Wildman–Crippen LogP) is 4.66. The van der Waals surface area contributed by atoms with Crippen molar-refractivity contribution in [2.75, 3.05) is 18.5 Å². The topological polar surface area (TPSA) is 47.0 Å². The molecule has 0 spiro atoms. The van der Waals surface area contributed by atoms with Crippen LogP contribution >= 0.6 is 15.9 Å². The number of hydrogen-bond acceptors (Lipinski definition) is 4. The number of unbranched alkanes of at least 4 members (excludes halogenated alkanes) is 1. The molecule has 1 atom stereocenters. The Labute approximate surface area is 130 Å². The van der Waals surface area contributed by atoms with E-state index in [-0.39, 0.29) is 0 Å². The van der Waals surface area contributed by atoms with E-state index in [1.807, 2.05) is 0 Å². The zero-order valence-corrected chi connectivity index (χ0v) is 14.4. The Kier molecular flexibility index (Phi) is 8.58. The molecule has 0 amide bonds. The van der Waals surface area contributed by atoms with Crippen molar-refractivity contribution in [3.8, 4) is 5.88 Å². The molecule has 114 valence electrons. The number of ether oxygens (including phenoxy) is 1. The molecule has 1 aromatic heterocycles. The predicted molar refractivity (Wildman–Crippen MR) is 87.3 cm³/mol. The van der Waals surface area contributed by atoms with Gasteiger partial charge in [-0.2, -0.15) is 4.98 Å². The van der Waals surface area contributed by atoms with Crippen molar-refractivity contribution < 1.29 is 4.74 Å². The highest BCUT2D eigenvalue weighted by Gasteiger charge is 2.10. The molecule has 0 saturated carbocycles. The summed E-state index contributed by atoms with van der Waals surface area (Å²) < 4.78 is 6.68. The molecule has 20 heavy (non-hydrogen) atoms. The van der Waals surface area contributed by atoms with E-state index in [1.165, 1.54) is 19.3 Å². The van der Waals surface area contributed by atoms with Crippen LogP contribution in [0, 0.1) is 5.92 Å². The second-order valence-electron chi connectivity index (χ2n) is 5.00. The van der Waals surface area contributed by atoms with Gasteiger partial charge in [-0.25, -0.2) is 4.98 Å². The maximum Gasteiger partial charge on any atom is 0.232 e. The summed E-state index contributed by atoms with van der Waals surface area (Å²) in [6.45, 7) is 8.14. The fraction of sp³-hybridized carbons (Fsp3) is 0.733. The molecule has 1 aromatic rings. The van der Waals surface area contributed by atoms with Crippen LogP contribution in [-0.2, 0) is 0 Å². The van der Waals surface area contributed by atoms with Gasteiger partial charge >= 0.3 is 0 Å². The zero-order chi connectivity index (χ0) is 14.8. The molecule has 0 bridgehead atoms. The van der Waals surface area contributed by atoms with Gasteiger partial charge in [0.1, 0.15) is 0 Å². The second-order valence-corrected chi connectivity index (χ2v) is 5.86. The van der Waals surface area contributed by atoms with Crippen molar-refractivity contribution in [3.05, 3.63) is 10.7 Å². The van der Waals surface area contributed by atoms with Crippen LogP contribution in [0.15, 0.2) is 10.7 Å². The smallest absolute Gasteiger partial charge is 0.232 e. The average Bonchev–Trinajstić information content (AvgIpc) is 2.47. The van der Waals surface area contributed by atoms with Crippen molar-refractivity contribution in [1.82, 2.24) is 9.97 Å². The number of anilines is 1. The molecule has 5 heteroatoms. The fourth-order valence-corrected chi connectivity index (χ4v) is 2.18. The lowest BCUT2D eigenvalue weighted by atomic mass is 10.0. The summed E-state index contributed by atoms with van der Waals surface area (Å²) in [5.74, 6) is 1.86. The van der Waals surface area contributed by atoms with Crippen LogP contribution < -0.4 is 10.1 Å². The van der Waals surface area contributed by atoms with Gasteiger partial charge in [0.15, 0.2) is 0 Å². The highest BCUT2D eigenvalue weighted by Crippen LogP contribution is 2.24. The summed E-state index contributed by atoms with van der Waals surface area (Å²) >= 11 is 3.45. The third kappa shape index (κ3) is 6.07. The van der Waals surface area contributed by atoms with Crippen LogP contribution in [0.5, 0.6) is 5.88 Å². The van der Waals surface area contributed by atoms with E-state index in [2.05, 4.69) is 52.0 Å². The average molecular weight is 344 g/mol. The van der Waals surface area contributed by atoms with E-state index in [0.717, 1.165) is 30.5 Å².